The van der Waals surface area contributed by atoms with Gasteiger partial charge in [0.2, 0.25) is 11.8 Å². The van der Waals surface area contributed by atoms with E-state index in [2.05, 4.69) is 20.8 Å². The molecule has 1 aromatic carbocycles. The van der Waals surface area contributed by atoms with Crippen LogP contribution >= 0.6 is 23.4 Å². The second kappa shape index (κ2) is 9.24. The summed E-state index contributed by atoms with van der Waals surface area (Å²) in [5.74, 6) is 0.164. The number of carbonyl (C=O) groups excluding carboxylic acids is 2. The van der Waals surface area contributed by atoms with Gasteiger partial charge in [0.1, 0.15) is 0 Å². The molecule has 0 saturated carbocycles. The van der Waals surface area contributed by atoms with Gasteiger partial charge in [0.05, 0.1) is 12.0 Å². The second-order valence-corrected chi connectivity index (χ2v) is 6.61. The molecule has 0 aliphatic carbocycles. The fraction of sp³-hybridized carbons (Fsp3) is 0.176. The highest BCUT2D eigenvalue weighted by molar-refractivity contribution is 7.99. The van der Waals surface area contributed by atoms with Crippen LogP contribution in [0.1, 0.15) is 10.6 Å². The number of amides is 2. The normalized spacial score (nSPS) is 10.6. The SMILES string of the molecule is O=C(CSc1nnc(-c2ccc(Cl)cc2)o1)NCCNC(=O)c1ccco1. The Morgan fingerprint density at radius 1 is 1.07 bits per heavy atom. The number of benzene rings is 1. The van der Waals surface area contributed by atoms with Crippen LogP contribution in [0.2, 0.25) is 5.02 Å². The van der Waals surface area contributed by atoms with E-state index in [9.17, 15) is 9.59 Å². The first-order chi connectivity index (χ1) is 13.1. The minimum absolute atomic E-state index is 0.119. The summed E-state index contributed by atoms with van der Waals surface area (Å²) < 4.78 is 10.5. The molecule has 0 saturated heterocycles. The summed E-state index contributed by atoms with van der Waals surface area (Å²) in [5.41, 5.74) is 0.746. The summed E-state index contributed by atoms with van der Waals surface area (Å²) in [6.45, 7) is 0.586. The Hall–Kier alpha value is -2.78. The number of hydrogen-bond acceptors (Lipinski definition) is 7. The van der Waals surface area contributed by atoms with Crippen molar-refractivity contribution in [2.24, 2.45) is 0 Å². The first kappa shape index (κ1) is 19.0. The van der Waals surface area contributed by atoms with E-state index in [0.29, 0.717) is 22.7 Å². The van der Waals surface area contributed by atoms with E-state index in [1.165, 1.54) is 6.26 Å². The fourth-order valence-electron chi connectivity index (χ4n) is 2.03. The summed E-state index contributed by atoms with van der Waals surface area (Å²) >= 11 is 6.97. The number of thioether (sulfide) groups is 1. The third-order valence-corrected chi connectivity index (χ3v) is 4.37. The predicted molar refractivity (Wildman–Crippen MR) is 99.5 cm³/mol. The molecule has 0 fully saturated rings. The third-order valence-electron chi connectivity index (χ3n) is 3.30. The third kappa shape index (κ3) is 5.60. The molecule has 3 aromatic rings. The monoisotopic (exact) mass is 406 g/mol. The van der Waals surface area contributed by atoms with E-state index in [0.717, 1.165) is 17.3 Å². The average molecular weight is 407 g/mol. The molecule has 8 nitrogen and oxygen atoms in total. The standard InChI is InChI=1S/C17H15ClN4O4S/c18-12-5-3-11(4-6-12)16-21-22-17(26-16)27-10-14(23)19-7-8-20-15(24)13-2-1-9-25-13/h1-6,9H,7-8,10H2,(H,19,23)(H,20,24). The smallest absolute Gasteiger partial charge is 0.287 e. The van der Waals surface area contributed by atoms with Gasteiger partial charge in [-0.2, -0.15) is 0 Å². The van der Waals surface area contributed by atoms with Crippen LogP contribution in [0.5, 0.6) is 0 Å². The molecule has 2 aromatic heterocycles. The van der Waals surface area contributed by atoms with Crippen LogP contribution < -0.4 is 10.6 Å². The van der Waals surface area contributed by atoms with Gasteiger partial charge < -0.3 is 19.5 Å². The van der Waals surface area contributed by atoms with Crippen molar-refractivity contribution >= 4 is 35.2 Å². The first-order valence-electron chi connectivity index (χ1n) is 7.92. The number of nitrogens with zero attached hydrogens (tertiary/aromatic N) is 2. The molecule has 0 spiro atoms. The van der Waals surface area contributed by atoms with Crippen LogP contribution in [0.4, 0.5) is 0 Å². The Morgan fingerprint density at radius 2 is 1.85 bits per heavy atom. The van der Waals surface area contributed by atoms with Crippen LogP contribution in [0.3, 0.4) is 0 Å². The molecule has 27 heavy (non-hydrogen) atoms. The van der Waals surface area contributed by atoms with Crippen LogP contribution in [0, 0.1) is 0 Å². The lowest BCUT2D eigenvalue weighted by Gasteiger charge is -2.05. The highest BCUT2D eigenvalue weighted by atomic mass is 35.5. The van der Waals surface area contributed by atoms with Crippen molar-refractivity contribution in [1.29, 1.82) is 0 Å². The molecule has 140 valence electrons. The molecule has 0 unspecified atom stereocenters. The highest BCUT2D eigenvalue weighted by Crippen LogP contribution is 2.24. The van der Waals surface area contributed by atoms with Gasteiger partial charge in [-0.1, -0.05) is 23.4 Å². The van der Waals surface area contributed by atoms with Crippen molar-refractivity contribution in [3.05, 3.63) is 53.4 Å². The largest absolute Gasteiger partial charge is 0.459 e. The quantitative estimate of drug-likeness (QED) is 0.437. The molecular weight excluding hydrogens is 392 g/mol. The number of hydrogen-bond donors (Lipinski definition) is 2. The van der Waals surface area contributed by atoms with Gasteiger partial charge in [0, 0.05) is 23.7 Å². The van der Waals surface area contributed by atoms with Crippen LogP contribution in [-0.4, -0.2) is 40.9 Å². The van der Waals surface area contributed by atoms with Crippen LogP contribution in [0.15, 0.2) is 56.7 Å². The molecule has 2 heterocycles. The highest BCUT2D eigenvalue weighted by Gasteiger charge is 2.11. The summed E-state index contributed by atoms with van der Waals surface area (Å²) in [4.78, 5) is 23.5. The van der Waals surface area contributed by atoms with E-state index >= 15 is 0 Å². The topological polar surface area (TPSA) is 110 Å². The van der Waals surface area contributed by atoms with E-state index in [1.54, 1.807) is 36.4 Å². The molecule has 0 atom stereocenters. The maximum Gasteiger partial charge on any atom is 0.287 e. The number of nitrogens with one attached hydrogen (secondary N) is 2. The van der Waals surface area contributed by atoms with Crippen molar-refractivity contribution in [1.82, 2.24) is 20.8 Å². The number of carbonyl (C=O) groups is 2. The zero-order chi connectivity index (χ0) is 19.1. The molecule has 3 rings (SSSR count). The summed E-state index contributed by atoms with van der Waals surface area (Å²) in [6.07, 6.45) is 1.42. The van der Waals surface area contributed by atoms with Crippen molar-refractivity contribution in [3.8, 4) is 11.5 Å². The maximum atomic E-state index is 11.8. The first-order valence-corrected chi connectivity index (χ1v) is 9.29. The zero-order valence-electron chi connectivity index (χ0n) is 14.0. The Kier molecular flexibility index (Phi) is 6.50. The van der Waals surface area contributed by atoms with Gasteiger partial charge >= 0.3 is 0 Å². The van der Waals surface area contributed by atoms with Crippen LogP contribution in [0.25, 0.3) is 11.5 Å². The molecule has 0 aliphatic rings. The number of halogens is 1. The van der Waals surface area contributed by atoms with Gasteiger partial charge in [-0.15, -0.1) is 10.2 Å². The average Bonchev–Trinajstić information content (AvgIpc) is 3.36. The predicted octanol–water partition coefficient (Wildman–Crippen LogP) is 2.62. The lowest BCUT2D eigenvalue weighted by molar-refractivity contribution is -0.118. The Balaban J connectivity index is 1.37. The zero-order valence-corrected chi connectivity index (χ0v) is 15.5. The lowest BCUT2D eigenvalue weighted by Crippen LogP contribution is -2.35. The molecule has 0 bridgehead atoms. The van der Waals surface area contributed by atoms with Crippen LogP contribution in [-0.2, 0) is 4.79 Å². The van der Waals surface area contributed by atoms with Gasteiger partial charge in [-0.3, -0.25) is 9.59 Å². The van der Waals surface area contributed by atoms with Crippen molar-refractivity contribution in [2.75, 3.05) is 18.8 Å². The van der Waals surface area contributed by atoms with Crippen molar-refractivity contribution < 1.29 is 18.4 Å². The number of aromatic nitrogens is 2. The Labute approximate surface area is 163 Å². The lowest BCUT2D eigenvalue weighted by atomic mass is 10.2. The molecular formula is C17H15ClN4O4S. The van der Waals surface area contributed by atoms with E-state index in [4.69, 9.17) is 20.4 Å². The van der Waals surface area contributed by atoms with Gasteiger partial charge in [0.25, 0.3) is 11.1 Å². The van der Waals surface area contributed by atoms with E-state index < -0.39 is 0 Å². The van der Waals surface area contributed by atoms with Crippen molar-refractivity contribution in [2.45, 2.75) is 5.22 Å². The van der Waals surface area contributed by atoms with Crippen molar-refractivity contribution in [3.63, 3.8) is 0 Å². The van der Waals surface area contributed by atoms with Gasteiger partial charge in [-0.05, 0) is 36.4 Å². The minimum atomic E-state index is -0.329. The molecule has 0 radical (unpaired) electrons. The maximum absolute atomic E-state index is 11.8. The van der Waals surface area contributed by atoms with E-state index in [-0.39, 0.29) is 29.9 Å². The minimum Gasteiger partial charge on any atom is -0.459 e. The van der Waals surface area contributed by atoms with E-state index in [1.807, 2.05) is 0 Å². The Morgan fingerprint density at radius 3 is 2.59 bits per heavy atom. The molecule has 10 heteroatoms. The second-order valence-electron chi connectivity index (χ2n) is 5.25. The van der Waals surface area contributed by atoms with Gasteiger partial charge in [-0.25, -0.2) is 0 Å². The summed E-state index contributed by atoms with van der Waals surface area (Å²) in [6, 6.07) is 10.2. The molecule has 0 aliphatic heterocycles. The Bertz CT molecular complexity index is 896. The summed E-state index contributed by atoms with van der Waals surface area (Å²) in [7, 11) is 0. The number of rotatable bonds is 8. The molecule has 2 amide bonds. The van der Waals surface area contributed by atoms with Gasteiger partial charge in [0.15, 0.2) is 5.76 Å². The summed E-state index contributed by atoms with van der Waals surface area (Å²) in [5, 5.41) is 14.1. The fourth-order valence-corrected chi connectivity index (χ4v) is 2.75. The molecule has 2 N–H and O–H groups in total. The number of furan rings is 1.